The smallest absolute Gasteiger partial charge is 0.240 e. The molecule has 2 aromatic carbocycles. The van der Waals surface area contributed by atoms with Gasteiger partial charge in [0.1, 0.15) is 0 Å². The monoisotopic (exact) mass is 399 g/mol. The normalized spacial score (nSPS) is 15.1. The Morgan fingerprint density at radius 2 is 1.89 bits per heavy atom. The number of rotatable bonds is 6. The van der Waals surface area contributed by atoms with Crippen LogP contribution in [-0.4, -0.2) is 45.9 Å². The number of carbonyl (C=O) groups is 1. The summed E-state index contributed by atoms with van der Waals surface area (Å²) in [5.74, 6) is -0.159. The van der Waals surface area contributed by atoms with Crippen LogP contribution in [0.3, 0.4) is 0 Å². The van der Waals surface area contributed by atoms with Crippen molar-refractivity contribution in [2.24, 2.45) is 0 Å². The van der Waals surface area contributed by atoms with E-state index in [0.717, 1.165) is 13.0 Å². The second-order valence-electron chi connectivity index (χ2n) is 6.82. The molecule has 1 heterocycles. The van der Waals surface area contributed by atoms with E-state index in [2.05, 4.69) is 33.1 Å². The zero-order valence-corrected chi connectivity index (χ0v) is 16.9. The molecule has 0 spiro atoms. The van der Waals surface area contributed by atoms with Gasteiger partial charge >= 0.3 is 0 Å². The molecule has 28 heavy (non-hydrogen) atoms. The number of sulfonamides is 1. The quantitative estimate of drug-likeness (QED) is 0.783. The largest absolute Gasteiger partial charge is 0.325 e. The first-order valence-electron chi connectivity index (χ1n) is 9.20. The van der Waals surface area contributed by atoms with Gasteiger partial charge in [-0.1, -0.05) is 42.5 Å². The van der Waals surface area contributed by atoms with Crippen LogP contribution in [0.1, 0.15) is 17.5 Å². The molecule has 0 bridgehead atoms. The predicted molar refractivity (Wildman–Crippen MR) is 112 cm³/mol. The molecule has 1 aliphatic heterocycles. The lowest BCUT2D eigenvalue weighted by molar-refractivity contribution is -0.117. The number of benzene rings is 2. The second kappa shape index (κ2) is 8.68. The fourth-order valence-electron chi connectivity index (χ4n) is 3.25. The van der Waals surface area contributed by atoms with Gasteiger partial charge in [0.2, 0.25) is 15.9 Å². The summed E-state index contributed by atoms with van der Waals surface area (Å²) in [6.45, 7) is 3.51. The summed E-state index contributed by atoms with van der Waals surface area (Å²) in [4.78, 5) is 14.6. The van der Waals surface area contributed by atoms with Gasteiger partial charge in [0, 0.05) is 18.8 Å². The summed E-state index contributed by atoms with van der Waals surface area (Å²) in [6, 6.07) is 15.1. The van der Waals surface area contributed by atoms with Crippen molar-refractivity contribution in [3.05, 3.63) is 65.7 Å². The Balaban J connectivity index is 1.61. The lowest BCUT2D eigenvalue weighted by Crippen LogP contribution is -2.36. The number of nitrogens with zero attached hydrogens (tertiary/aromatic N) is 1. The van der Waals surface area contributed by atoms with E-state index in [0.29, 0.717) is 17.8 Å². The Morgan fingerprint density at radius 1 is 1.14 bits per heavy atom. The fourth-order valence-corrected chi connectivity index (χ4v) is 4.24. The molecule has 3 rings (SSSR count). The highest BCUT2D eigenvalue weighted by Gasteiger charge is 2.18. The molecule has 7 heteroatoms. The number of anilines is 1. The number of hydrogen-bond acceptors (Lipinski definition) is 4. The summed E-state index contributed by atoms with van der Waals surface area (Å²) in [5, 5.41) is 2.80. The van der Waals surface area contributed by atoms with Crippen LogP contribution in [0, 0.1) is 6.92 Å². The molecule has 6 nitrogen and oxygen atoms in total. The van der Waals surface area contributed by atoms with Crippen molar-refractivity contribution < 1.29 is 13.2 Å². The summed E-state index contributed by atoms with van der Waals surface area (Å²) in [7, 11) is -2.20. The standard InChI is InChI=1S/C21H25N3O3S/c1-16-8-9-19(14-20(16)28(26,27)22-2)23-21(25)15-24-12-10-18(11-13-24)17-6-4-3-5-7-17/h3-10,14,22H,11-13,15H2,1-2H3,(H,23,25). The Morgan fingerprint density at radius 3 is 2.54 bits per heavy atom. The Labute approximate surface area is 166 Å². The molecule has 0 aromatic heterocycles. The van der Waals surface area contributed by atoms with Crippen molar-refractivity contribution in [3.8, 4) is 0 Å². The summed E-state index contributed by atoms with van der Waals surface area (Å²) in [5.41, 5.74) is 3.63. The predicted octanol–water partition coefficient (Wildman–Crippen LogP) is 2.63. The molecule has 0 aliphatic carbocycles. The molecule has 0 atom stereocenters. The maximum absolute atomic E-state index is 12.4. The van der Waals surface area contributed by atoms with Crippen LogP contribution < -0.4 is 10.0 Å². The van der Waals surface area contributed by atoms with Gasteiger partial charge in [-0.3, -0.25) is 9.69 Å². The van der Waals surface area contributed by atoms with E-state index in [1.54, 1.807) is 19.1 Å². The van der Waals surface area contributed by atoms with Gasteiger partial charge in [-0.15, -0.1) is 0 Å². The summed E-state index contributed by atoms with van der Waals surface area (Å²) >= 11 is 0. The summed E-state index contributed by atoms with van der Waals surface area (Å²) in [6.07, 6.45) is 3.06. The van der Waals surface area contributed by atoms with Crippen LogP contribution in [0.15, 0.2) is 59.5 Å². The highest BCUT2D eigenvalue weighted by atomic mass is 32.2. The minimum atomic E-state index is -3.57. The van der Waals surface area contributed by atoms with E-state index < -0.39 is 10.0 Å². The summed E-state index contributed by atoms with van der Waals surface area (Å²) < 4.78 is 26.5. The van der Waals surface area contributed by atoms with E-state index in [1.807, 2.05) is 18.2 Å². The van der Waals surface area contributed by atoms with E-state index in [4.69, 9.17) is 0 Å². The Kier molecular flexibility index (Phi) is 6.28. The van der Waals surface area contributed by atoms with Crippen molar-refractivity contribution in [1.82, 2.24) is 9.62 Å². The van der Waals surface area contributed by atoms with Crippen molar-refractivity contribution in [1.29, 1.82) is 0 Å². The number of nitrogens with one attached hydrogen (secondary N) is 2. The highest BCUT2D eigenvalue weighted by Crippen LogP contribution is 2.22. The molecular weight excluding hydrogens is 374 g/mol. The average molecular weight is 400 g/mol. The maximum Gasteiger partial charge on any atom is 0.240 e. The van der Waals surface area contributed by atoms with Crippen LogP contribution in [0.4, 0.5) is 5.69 Å². The minimum absolute atomic E-state index is 0.159. The average Bonchev–Trinajstić information content (AvgIpc) is 2.70. The van der Waals surface area contributed by atoms with Gasteiger partial charge < -0.3 is 5.32 Å². The SMILES string of the molecule is CNS(=O)(=O)c1cc(NC(=O)CN2CC=C(c3ccccc3)CC2)ccc1C. The van der Waals surface area contributed by atoms with E-state index in [-0.39, 0.29) is 17.3 Å². The number of aryl methyl sites for hydroxylation is 1. The zero-order valence-electron chi connectivity index (χ0n) is 16.1. The van der Waals surface area contributed by atoms with Gasteiger partial charge in [0.05, 0.1) is 11.4 Å². The van der Waals surface area contributed by atoms with Crippen LogP contribution in [0.5, 0.6) is 0 Å². The molecule has 0 radical (unpaired) electrons. The molecule has 0 saturated heterocycles. The highest BCUT2D eigenvalue weighted by molar-refractivity contribution is 7.89. The zero-order chi connectivity index (χ0) is 20.1. The lowest BCUT2D eigenvalue weighted by atomic mass is 10.00. The third-order valence-corrected chi connectivity index (χ3v) is 6.39. The number of hydrogen-bond donors (Lipinski definition) is 2. The molecule has 0 fully saturated rings. The van der Waals surface area contributed by atoms with Crippen LogP contribution in [0.2, 0.25) is 0 Å². The topological polar surface area (TPSA) is 78.5 Å². The molecule has 148 valence electrons. The van der Waals surface area contributed by atoms with E-state index in [9.17, 15) is 13.2 Å². The van der Waals surface area contributed by atoms with Gasteiger partial charge in [0.15, 0.2) is 0 Å². The van der Waals surface area contributed by atoms with Crippen LogP contribution in [0.25, 0.3) is 5.57 Å². The Hall–Kier alpha value is -2.48. The van der Waals surface area contributed by atoms with Crippen LogP contribution >= 0.6 is 0 Å². The number of amides is 1. The fraction of sp³-hybridized carbons (Fsp3) is 0.286. The van der Waals surface area contributed by atoms with Crippen LogP contribution in [-0.2, 0) is 14.8 Å². The lowest BCUT2D eigenvalue weighted by Gasteiger charge is -2.26. The molecule has 1 aliphatic rings. The molecule has 2 N–H and O–H groups in total. The van der Waals surface area contributed by atoms with Crippen molar-refractivity contribution in [3.63, 3.8) is 0 Å². The van der Waals surface area contributed by atoms with Crippen molar-refractivity contribution >= 4 is 27.2 Å². The van der Waals surface area contributed by atoms with E-state index in [1.165, 1.54) is 24.3 Å². The first kappa shape index (κ1) is 20.3. The minimum Gasteiger partial charge on any atom is -0.325 e. The molecule has 1 amide bonds. The van der Waals surface area contributed by atoms with E-state index >= 15 is 0 Å². The molecule has 0 saturated carbocycles. The molecular formula is C21H25N3O3S. The molecule has 2 aromatic rings. The third-order valence-electron chi connectivity index (χ3n) is 4.84. The second-order valence-corrected chi connectivity index (χ2v) is 8.67. The molecule has 0 unspecified atom stereocenters. The first-order valence-corrected chi connectivity index (χ1v) is 10.7. The first-order chi connectivity index (χ1) is 13.4. The number of carbonyl (C=O) groups excluding carboxylic acids is 1. The van der Waals surface area contributed by atoms with Crippen molar-refractivity contribution in [2.45, 2.75) is 18.2 Å². The van der Waals surface area contributed by atoms with Gasteiger partial charge in [-0.2, -0.15) is 0 Å². The third kappa shape index (κ3) is 4.86. The maximum atomic E-state index is 12.4. The Bertz CT molecular complexity index is 985. The van der Waals surface area contributed by atoms with Crippen molar-refractivity contribution in [2.75, 3.05) is 32.0 Å². The van der Waals surface area contributed by atoms with Gasteiger partial charge in [-0.05, 0) is 49.2 Å². The van der Waals surface area contributed by atoms with Gasteiger partial charge in [-0.25, -0.2) is 13.1 Å². The van der Waals surface area contributed by atoms with Gasteiger partial charge in [0.25, 0.3) is 0 Å².